The summed E-state index contributed by atoms with van der Waals surface area (Å²) in [4.78, 5) is 13.8. The van der Waals surface area contributed by atoms with Gasteiger partial charge in [-0.3, -0.25) is 4.79 Å². The Balaban J connectivity index is 1.95. The van der Waals surface area contributed by atoms with Gasteiger partial charge in [0.25, 0.3) is 10.2 Å². The van der Waals surface area contributed by atoms with Crippen LogP contribution in [0.4, 0.5) is 0 Å². The standard InChI is InChI=1S/C10H20N4O3S/c1-12-7-8-14(18(12,16)17)9-10(15)13-5-2-3-11-4-6-13/h11H,2-9H2,1H3. The second kappa shape index (κ2) is 5.52. The molecule has 0 aromatic heterocycles. The van der Waals surface area contributed by atoms with E-state index in [2.05, 4.69) is 5.32 Å². The summed E-state index contributed by atoms with van der Waals surface area (Å²) in [5.74, 6) is -0.0995. The van der Waals surface area contributed by atoms with Gasteiger partial charge in [-0.2, -0.15) is 17.0 Å². The van der Waals surface area contributed by atoms with Crippen LogP contribution in [0.5, 0.6) is 0 Å². The molecule has 0 atom stereocenters. The molecule has 7 nitrogen and oxygen atoms in total. The Morgan fingerprint density at radius 2 is 1.94 bits per heavy atom. The van der Waals surface area contributed by atoms with Crippen LogP contribution in [0.3, 0.4) is 0 Å². The normalized spacial score (nSPS) is 26.2. The summed E-state index contributed by atoms with van der Waals surface area (Å²) in [6.07, 6.45) is 0.915. The molecule has 2 fully saturated rings. The average Bonchev–Trinajstić information content (AvgIpc) is 2.57. The smallest absolute Gasteiger partial charge is 0.282 e. The average molecular weight is 276 g/mol. The number of amides is 1. The third-order valence-corrected chi connectivity index (χ3v) is 5.32. The Kier molecular flexibility index (Phi) is 4.21. The van der Waals surface area contributed by atoms with Crippen molar-refractivity contribution < 1.29 is 13.2 Å². The first kappa shape index (κ1) is 13.7. The van der Waals surface area contributed by atoms with Gasteiger partial charge in [0.15, 0.2) is 0 Å². The van der Waals surface area contributed by atoms with E-state index in [-0.39, 0.29) is 12.5 Å². The molecule has 0 aromatic rings. The number of rotatable bonds is 2. The monoisotopic (exact) mass is 276 g/mol. The highest BCUT2D eigenvalue weighted by atomic mass is 32.2. The first-order valence-electron chi connectivity index (χ1n) is 6.22. The third-order valence-electron chi connectivity index (χ3n) is 3.39. The van der Waals surface area contributed by atoms with Crippen molar-refractivity contribution in [1.82, 2.24) is 18.8 Å². The first-order chi connectivity index (χ1) is 8.51. The predicted molar refractivity (Wildman–Crippen MR) is 67.2 cm³/mol. The van der Waals surface area contributed by atoms with Crippen molar-refractivity contribution in [2.75, 3.05) is 52.9 Å². The maximum absolute atomic E-state index is 12.1. The molecular weight excluding hydrogens is 256 g/mol. The van der Waals surface area contributed by atoms with Crippen molar-refractivity contribution in [1.29, 1.82) is 0 Å². The number of hydrogen-bond donors (Lipinski definition) is 1. The molecule has 2 heterocycles. The molecule has 1 amide bonds. The van der Waals surface area contributed by atoms with E-state index in [0.29, 0.717) is 26.2 Å². The van der Waals surface area contributed by atoms with Crippen LogP contribution in [-0.2, 0) is 15.0 Å². The Labute approximate surface area is 108 Å². The van der Waals surface area contributed by atoms with Crippen LogP contribution in [0.25, 0.3) is 0 Å². The highest BCUT2D eigenvalue weighted by Gasteiger charge is 2.35. The molecule has 18 heavy (non-hydrogen) atoms. The van der Waals surface area contributed by atoms with E-state index in [4.69, 9.17) is 0 Å². The molecule has 0 unspecified atom stereocenters. The maximum Gasteiger partial charge on any atom is 0.282 e. The van der Waals surface area contributed by atoms with Gasteiger partial charge in [-0.1, -0.05) is 0 Å². The minimum atomic E-state index is -3.41. The van der Waals surface area contributed by atoms with Gasteiger partial charge in [0.2, 0.25) is 5.91 Å². The van der Waals surface area contributed by atoms with Crippen LogP contribution in [0, 0.1) is 0 Å². The second-order valence-electron chi connectivity index (χ2n) is 4.65. The number of hydrogen-bond acceptors (Lipinski definition) is 4. The molecule has 0 bridgehead atoms. The first-order valence-corrected chi connectivity index (χ1v) is 7.61. The number of carbonyl (C=O) groups excluding carboxylic acids is 1. The zero-order valence-electron chi connectivity index (χ0n) is 10.6. The van der Waals surface area contributed by atoms with Crippen molar-refractivity contribution in [2.24, 2.45) is 0 Å². The van der Waals surface area contributed by atoms with Crippen molar-refractivity contribution in [2.45, 2.75) is 6.42 Å². The van der Waals surface area contributed by atoms with E-state index in [0.717, 1.165) is 19.5 Å². The van der Waals surface area contributed by atoms with Crippen LogP contribution in [0.1, 0.15) is 6.42 Å². The molecule has 2 saturated heterocycles. The summed E-state index contributed by atoms with van der Waals surface area (Å²) in [7, 11) is -1.87. The summed E-state index contributed by atoms with van der Waals surface area (Å²) in [5.41, 5.74) is 0. The van der Waals surface area contributed by atoms with E-state index in [9.17, 15) is 13.2 Å². The van der Waals surface area contributed by atoms with Crippen molar-refractivity contribution in [3.63, 3.8) is 0 Å². The van der Waals surface area contributed by atoms with Crippen molar-refractivity contribution in [3.05, 3.63) is 0 Å². The lowest BCUT2D eigenvalue weighted by Crippen LogP contribution is -2.43. The number of likely N-dealkylation sites (N-methyl/N-ethyl adjacent to an activating group) is 1. The second-order valence-corrected chi connectivity index (χ2v) is 6.68. The summed E-state index contributed by atoms with van der Waals surface area (Å²) in [6.45, 7) is 3.87. The van der Waals surface area contributed by atoms with Gasteiger partial charge in [0.05, 0.1) is 6.54 Å². The topological polar surface area (TPSA) is 73.0 Å². The number of nitrogens with zero attached hydrogens (tertiary/aromatic N) is 3. The van der Waals surface area contributed by atoms with Crippen LogP contribution < -0.4 is 5.32 Å². The molecule has 2 aliphatic heterocycles. The fourth-order valence-corrected chi connectivity index (χ4v) is 3.48. The fourth-order valence-electron chi connectivity index (χ4n) is 2.19. The molecule has 0 aliphatic carbocycles. The summed E-state index contributed by atoms with van der Waals surface area (Å²) in [5, 5.41) is 3.22. The van der Waals surface area contributed by atoms with Gasteiger partial charge in [-0.25, -0.2) is 0 Å². The van der Waals surface area contributed by atoms with Gasteiger partial charge in [-0.05, 0) is 13.0 Å². The van der Waals surface area contributed by atoms with Crippen LogP contribution in [0.15, 0.2) is 0 Å². The molecule has 0 aromatic carbocycles. The summed E-state index contributed by atoms with van der Waals surface area (Å²) >= 11 is 0. The zero-order chi connectivity index (χ0) is 13.2. The zero-order valence-corrected chi connectivity index (χ0v) is 11.4. The lowest BCUT2D eigenvalue weighted by Gasteiger charge is -2.23. The molecule has 104 valence electrons. The highest BCUT2D eigenvalue weighted by Crippen LogP contribution is 2.14. The van der Waals surface area contributed by atoms with Crippen LogP contribution in [-0.4, -0.2) is 80.7 Å². The molecule has 2 aliphatic rings. The van der Waals surface area contributed by atoms with Crippen molar-refractivity contribution >= 4 is 16.1 Å². The van der Waals surface area contributed by atoms with E-state index in [1.807, 2.05) is 0 Å². The van der Waals surface area contributed by atoms with Crippen molar-refractivity contribution in [3.8, 4) is 0 Å². The Hall–Kier alpha value is -0.700. The minimum absolute atomic E-state index is 0.0350. The van der Waals surface area contributed by atoms with Crippen LogP contribution in [0.2, 0.25) is 0 Å². The Morgan fingerprint density at radius 3 is 2.61 bits per heavy atom. The molecule has 1 N–H and O–H groups in total. The quantitative estimate of drug-likeness (QED) is 0.652. The van der Waals surface area contributed by atoms with Gasteiger partial charge in [0.1, 0.15) is 0 Å². The summed E-state index contributed by atoms with van der Waals surface area (Å²) < 4.78 is 26.2. The molecule has 2 rings (SSSR count). The fraction of sp³-hybridized carbons (Fsp3) is 0.900. The van der Waals surface area contributed by atoms with Gasteiger partial charge in [-0.15, -0.1) is 0 Å². The molecule has 0 spiro atoms. The highest BCUT2D eigenvalue weighted by molar-refractivity contribution is 7.87. The number of carbonyl (C=O) groups is 1. The minimum Gasteiger partial charge on any atom is -0.340 e. The number of nitrogens with one attached hydrogen (secondary N) is 1. The summed E-state index contributed by atoms with van der Waals surface area (Å²) in [6, 6.07) is 0. The van der Waals surface area contributed by atoms with E-state index in [1.165, 1.54) is 15.7 Å². The van der Waals surface area contributed by atoms with E-state index in [1.54, 1.807) is 4.90 Å². The largest absolute Gasteiger partial charge is 0.340 e. The maximum atomic E-state index is 12.1. The lowest BCUT2D eigenvalue weighted by atomic mass is 10.4. The van der Waals surface area contributed by atoms with Gasteiger partial charge < -0.3 is 10.2 Å². The van der Waals surface area contributed by atoms with Gasteiger partial charge >= 0.3 is 0 Å². The molecule has 0 radical (unpaired) electrons. The molecular formula is C10H20N4O3S. The van der Waals surface area contributed by atoms with Crippen LogP contribution >= 0.6 is 0 Å². The Morgan fingerprint density at radius 1 is 1.17 bits per heavy atom. The van der Waals surface area contributed by atoms with Gasteiger partial charge in [0, 0.05) is 39.8 Å². The third kappa shape index (κ3) is 2.82. The SMILES string of the molecule is CN1CCN(CC(=O)N2CCCNCC2)S1(=O)=O. The molecule has 0 saturated carbocycles. The Bertz CT molecular complexity index is 403. The van der Waals surface area contributed by atoms with E-state index < -0.39 is 10.2 Å². The molecule has 8 heteroatoms. The van der Waals surface area contributed by atoms with E-state index >= 15 is 0 Å². The lowest BCUT2D eigenvalue weighted by molar-refractivity contribution is -0.131. The predicted octanol–water partition coefficient (Wildman–Crippen LogP) is -1.70.